The quantitative estimate of drug-likeness (QED) is 0.868. The third-order valence-electron chi connectivity index (χ3n) is 3.97. The second-order valence-electron chi connectivity index (χ2n) is 5.53. The van der Waals surface area contributed by atoms with E-state index in [0.717, 1.165) is 5.92 Å². The van der Waals surface area contributed by atoms with Gasteiger partial charge in [-0.3, -0.25) is 4.68 Å². The molecular weight excluding hydrogens is 210 g/mol. The molecule has 1 aliphatic rings. The molecule has 1 aromatic rings. The summed E-state index contributed by atoms with van der Waals surface area (Å²) in [5.41, 5.74) is 6.22. The second kappa shape index (κ2) is 5.13. The van der Waals surface area contributed by atoms with Crippen LogP contribution in [0.3, 0.4) is 0 Å². The third kappa shape index (κ3) is 2.83. The second-order valence-corrected chi connectivity index (χ2v) is 5.53. The fourth-order valence-electron chi connectivity index (χ4n) is 2.80. The molecule has 0 radical (unpaired) electrons. The number of nitrogens with zero attached hydrogens (tertiary/aromatic N) is 2. The summed E-state index contributed by atoms with van der Waals surface area (Å²) in [6.07, 6.45) is 2.68. The first-order chi connectivity index (χ1) is 8.08. The highest BCUT2D eigenvalue weighted by molar-refractivity contribution is 5.16. The molecular formula is C14H25N3. The molecule has 17 heavy (non-hydrogen) atoms. The molecule has 1 N–H and O–H groups in total. The number of aryl methyl sites for hydroxylation is 2. The number of likely N-dealkylation sites (tertiary alicyclic amines) is 1. The van der Waals surface area contributed by atoms with Crippen LogP contribution in [0.25, 0.3) is 0 Å². The summed E-state index contributed by atoms with van der Waals surface area (Å²) < 4.78 is 2.22. The van der Waals surface area contributed by atoms with Crippen molar-refractivity contribution in [2.45, 2.75) is 39.7 Å². The first-order valence-electron chi connectivity index (χ1n) is 6.68. The van der Waals surface area contributed by atoms with Crippen LogP contribution in [0.2, 0.25) is 0 Å². The zero-order valence-electron chi connectivity index (χ0n) is 11.5. The number of aromatic nitrogens is 1. The molecule has 0 aromatic carbocycles. The van der Waals surface area contributed by atoms with Gasteiger partial charge in [0.25, 0.3) is 0 Å². The van der Waals surface area contributed by atoms with E-state index in [9.17, 15) is 0 Å². The summed E-state index contributed by atoms with van der Waals surface area (Å²) in [6.45, 7) is 9.08. The van der Waals surface area contributed by atoms with Crippen LogP contribution in [0, 0.1) is 19.8 Å². The minimum Gasteiger partial charge on any atom is -0.323 e. The fraction of sp³-hybridized carbons (Fsp3) is 0.714. The van der Waals surface area contributed by atoms with Crippen molar-refractivity contribution in [3.8, 4) is 0 Å². The summed E-state index contributed by atoms with van der Waals surface area (Å²) in [5, 5.41) is 0. The van der Waals surface area contributed by atoms with E-state index in [-0.39, 0.29) is 0 Å². The highest BCUT2D eigenvalue weighted by Crippen LogP contribution is 2.19. The Morgan fingerprint density at radius 3 is 2.53 bits per heavy atom. The molecule has 2 heterocycles. The zero-order valence-corrected chi connectivity index (χ0v) is 11.5. The molecule has 96 valence electrons. The summed E-state index contributed by atoms with van der Waals surface area (Å²) >= 11 is 0. The lowest BCUT2D eigenvalue weighted by Crippen LogP contribution is -2.42. The van der Waals surface area contributed by atoms with Crippen LogP contribution in [0.4, 0.5) is 0 Å². The molecule has 1 aliphatic heterocycles. The highest BCUT2D eigenvalue weighted by atomic mass is 15.4. The van der Waals surface area contributed by atoms with Crippen molar-refractivity contribution < 1.29 is 0 Å². The van der Waals surface area contributed by atoms with Gasteiger partial charge in [-0.15, -0.1) is 0 Å². The Bertz CT molecular complexity index is 350. The van der Waals surface area contributed by atoms with Crippen molar-refractivity contribution in [2.75, 3.05) is 25.6 Å². The molecule has 1 fully saturated rings. The molecule has 3 nitrogen and oxygen atoms in total. The number of piperidine rings is 1. The Kier molecular flexibility index (Phi) is 3.77. The van der Waals surface area contributed by atoms with Crippen molar-refractivity contribution in [1.29, 1.82) is 0 Å². The van der Waals surface area contributed by atoms with Crippen molar-refractivity contribution >= 4 is 0 Å². The maximum atomic E-state index is 3.64. The van der Waals surface area contributed by atoms with E-state index in [1.807, 2.05) is 0 Å². The Labute approximate surface area is 105 Å². The third-order valence-corrected chi connectivity index (χ3v) is 3.97. The van der Waals surface area contributed by atoms with Gasteiger partial charge in [-0.25, -0.2) is 0 Å². The summed E-state index contributed by atoms with van der Waals surface area (Å²) in [7, 11) is 2.23. The molecule has 2 atom stereocenters. The van der Waals surface area contributed by atoms with E-state index >= 15 is 0 Å². The van der Waals surface area contributed by atoms with Crippen LogP contribution in [0.15, 0.2) is 12.1 Å². The lowest BCUT2D eigenvalue weighted by molar-refractivity contribution is 0.193. The number of nitrogens with one attached hydrogen (secondary N) is 1. The Balaban J connectivity index is 1.99. The Morgan fingerprint density at radius 2 is 1.94 bits per heavy atom. The smallest absolute Gasteiger partial charge is 0.0436 e. The molecule has 0 bridgehead atoms. The fourth-order valence-corrected chi connectivity index (χ4v) is 2.80. The zero-order chi connectivity index (χ0) is 12.4. The van der Waals surface area contributed by atoms with Crippen LogP contribution < -0.4 is 5.43 Å². The van der Waals surface area contributed by atoms with Gasteiger partial charge in [0.2, 0.25) is 0 Å². The topological polar surface area (TPSA) is 20.2 Å². The van der Waals surface area contributed by atoms with Crippen molar-refractivity contribution in [3.63, 3.8) is 0 Å². The molecule has 0 aliphatic carbocycles. The van der Waals surface area contributed by atoms with E-state index < -0.39 is 0 Å². The van der Waals surface area contributed by atoms with E-state index in [4.69, 9.17) is 0 Å². The summed E-state index contributed by atoms with van der Waals surface area (Å²) in [4.78, 5) is 2.45. The van der Waals surface area contributed by atoms with Gasteiger partial charge >= 0.3 is 0 Å². The monoisotopic (exact) mass is 235 g/mol. The maximum absolute atomic E-state index is 3.64. The number of rotatable bonds is 3. The minimum atomic E-state index is 0.530. The number of hydrogen-bond acceptors (Lipinski definition) is 2. The SMILES string of the molecule is Cc1ccc(C)n1NC(C)C1CCCN(C)C1. The molecule has 0 spiro atoms. The summed E-state index contributed by atoms with van der Waals surface area (Å²) in [6, 6.07) is 4.87. The van der Waals surface area contributed by atoms with E-state index in [1.165, 1.54) is 37.3 Å². The molecule has 1 aromatic heterocycles. The maximum Gasteiger partial charge on any atom is 0.0436 e. The van der Waals surface area contributed by atoms with Gasteiger partial charge in [-0.05, 0) is 65.3 Å². The van der Waals surface area contributed by atoms with Crippen molar-refractivity contribution in [1.82, 2.24) is 9.58 Å². The highest BCUT2D eigenvalue weighted by Gasteiger charge is 2.23. The summed E-state index contributed by atoms with van der Waals surface area (Å²) in [5.74, 6) is 0.759. The molecule has 1 saturated heterocycles. The first-order valence-corrected chi connectivity index (χ1v) is 6.68. The van der Waals surface area contributed by atoms with Crippen LogP contribution >= 0.6 is 0 Å². The van der Waals surface area contributed by atoms with Crippen LogP contribution in [0.5, 0.6) is 0 Å². The molecule has 0 saturated carbocycles. The van der Waals surface area contributed by atoms with Gasteiger partial charge in [-0.2, -0.15) is 0 Å². The average Bonchev–Trinajstić information content (AvgIpc) is 2.61. The predicted molar refractivity (Wildman–Crippen MR) is 72.9 cm³/mol. The molecule has 2 rings (SSSR count). The van der Waals surface area contributed by atoms with Gasteiger partial charge in [0.1, 0.15) is 0 Å². The van der Waals surface area contributed by atoms with Crippen LogP contribution in [0.1, 0.15) is 31.2 Å². The van der Waals surface area contributed by atoms with E-state index in [0.29, 0.717) is 6.04 Å². The minimum absolute atomic E-state index is 0.530. The van der Waals surface area contributed by atoms with Gasteiger partial charge < -0.3 is 10.3 Å². The van der Waals surface area contributed by atoms with E-state index in [1.54, 1.807) is 0 Å². The largest absolute Gasteiger partial charge is 0.323 e. The Morgan fingerprint density at radius 1 is 1.29 bits per heavy atom. The van der Waals surface area contributed by atoms with Gasteiger partial charge in [-0.1, -0.05) is 0 Å². The first kappa shape index (κ1) is 12.5. The molecule has 3 heteroatoms. The lowest BCUT2D eigenvalue weighted by atomic mass is 9.92. The lowest BCUT2D eigenvalue weighted by Gasteiger charge is -2.34. The normalized spacial score (nSPS) is 23.6. The standard InChI is InChI=1S/C14H25N3/c1-11-7-8-12(2)17(11)15-13(3)14-6-5-9-16(4)10-14/h7-8,13-15H,5-6,9-10H2,1-4H3. The van der Waals surface area contributed by atoms with Gasteiger partial charge in [0, 0.05) is 24.0 Å². The average molecular weight is 235 g/mol. The van der Waals surface area contributed by atoms with Crippen LogP contribution in [-0.2, 0) is 0 Å². The molecule has 0 amide bonds. The van der Waals surface area contributed by atoms with Gasteiger partial charge in [0.05, 0.1) is 0 Å². The molecule has 2 unspecified atom stereocenters. The van der Waals surface area contributed by atoms with Crippen molar-refractivity contribution in [3.05, 3.63) is 23.5 Å². The Hall–Kier alpha value is -0.960. The van der Waals surface area contributed by atoms with Crippen LogP contribution in [-0.4, -0.2) is 35.8 Å². The van der Waals surface area contributed by atoms with Crippen molar-refractivity contribution in [2.24, 2.45) is 5.92 Å². The van der Waals surface area contributed by atoms with E-state index in [2.05, 4.69) is 55.0 Å². The van der Waals surface area contributed by atoms with Gasteiger partial charge in [0.15, 0.2) is 0 Å². The number of hydrogen-bond donors (Lipinski definition) is 1. The predicted octanol–water partition coefficient (Wildman–Crippen LogP) is 2.38.